The third-order valence-corrected chi connectivity index (χ3v) is 3.77. The number of aryl methyl sites for hydroxylation is 1. The molecule has 7 heteroatoms. The number of hydrogen-bond acceptors (Lipinski definition) is 5. The molecule has 1 aromatic heterocycles. The van der Waals surface area contributed by atoms with Crippen molar-refractivity contribution in [1.29, 1.82) is 0 Å². The van der Waals surface area contributed by atoms with Crippen molar-refractivity contribution in [2.24, 2.45) is 11.1 Å². The Balaban J connectivity index is 1.96. The largest absolute Gasteiger partial charge is 0.381 e. The minimum atomic E-state index is -0.491. The molecule has 0 spiro atoms. The summed E-state index contributed by atoms with van der Waals surface area (Å²) in [5.41, 5.74) is 5.30. The number of nitrogens with two attached hydrogens (primary N) is 1. The van der Waals surface area contributed by atoms with Crippen molar-refractivity contribution >= 4 is 5.91 Å². The average Bonchev–Trinajstić information content (AvgIpc) is 2.92. The molecule has 0 bridgehead atoms. The standard InChI is InChI=1S/C12H21N5O2/c1-2-17-9-15-16-10(17)7-14-11(18)12(8-13)3-5-19-6-4-12/h9H,2-8,13H2,1H3,(H,14,18). The number of amides is 1. The molecule has 19 heavy (non-hydrogen) atoms. The van der Waals surface area contributed by atoms with Crippen LogP contribution in [0, 0.1) is 5.41 Å². The smallest absolute Gasteiger partial charge is 0.228 e. The maximum absolute atomic E-state index is 12.3. The predicted molar refractivity (Wildman–Crippen MR) is 69.1 cm³/mol. The molecule has 0 radical (unpaired) electrons. The molecule has 1 amide bonds. The van der Waals surface area contributed by atoms with E-state index in [2.05, 4.69) is 15.5 Å². The Labute approximate surface area is 112 Å². The molecule has 2 rings (SSSR count). The van der Waals surface area contributed by atoms with Gasteiger partial charge in [0.15, 0.2) is 5.82 Å². The second-order valence-electron chi connectivity index (χ2n) is 4.81. The summed E-state index contributed by atoms with van der Waals surface area (Å²) in [6.45, 7) is 4.71. The van der Waals surface area contributed by atoms with Crippen LogP contribution in [0.3, 0.4) is 0 Å². The molecule has 1 aliphatic heterocycles. The van der Waals surface area contributed by atoms with Gasteiger partial charge >= 0.3 is 0 Å². The molecule has 0 aliphatic carbocycles. The molecule has 0 unspecified atom stereocenters. The molecular formula is C12H21N5O2. The minimum absolute atomic E-state index is 0.0102. The Morgan fingerprint density at radius 1 is 1.58 bits per heavy atom. The SMILES string of the molecule is CCn1cnnc1CNC(=O)C1(CN)CCOCC1. The average molecular weight is 267 g/mol. The van der Waals surface area contributed by atoms with Gasteiger partial charge in [0.25, 0.3) is 0 Å². The third kappa shape index (κ3) is 2.93. The first kappa shape index (κ1) is 14.0. The Bertz CT molecular complexity index is 426. The summed E-state index contributed by atoms with van der Waals surface area (Å²) in [6, 6.07) is 0. The molecule has 1 aromatic rings. The Morgan fingerprint density at radius 2 is 2.32 bits per heavy atom. The molecule has 2 heterocycles. The van der Waals surface area contributed by atoms with Gasteiger partial charge in [0.1, 0.15) is 6.33 Å². The maximum atomic E-state index is 12.3. The topological polar surface area (TPSA) is 95.1 Å². The van der Waals surface area contributed by atoms with E-state index in [4.69, 9.17) is 10.5 Å². The van der Waals surface area contributed by atoms with E-state index in [-0.39, 0.29) is 5.91 Å². The van der Waals surface area contributed by atoms with Crippen LogP contribution < -0.4 is 11.1 Å². The van der Waals surface area contributed by atoms with Crippen LogP contribution in [0.25, 0.3) is 0 Å². The summed E-state index contributed by atoms with van der Waals surface area (Å²) in [4.78, 5) is 12.3. The first-order valence-electron chi connectivity index (χ1n) is 6.64. The molecule has 0 saturated carbocycles. The minimum Gasteiger partial charge on any atom is -0.381 e. The first-order valence-corrected chi connectivity index (χ1v) is 6.64. The number of nitrogens with zero attached hydrogens (tertiary/aromatic N) is 3. The molecule has 106 valence electrons. The lowest BCUT2D eigenvalue weighted by Gasteiger charge is -2.34. The summed E-state index contributed by atoms with van der Waals surface area (Å²) >= 11 is 0. The van der Waals surface area contributed by atoms with E-state index in [1.54, 1.807) is 6.33 Å². The Hall–Kier alpha value is -1.47. The number of rotatable bonds is 5. The van der Waals surface area contributed by atoms with E-state index < -0.39 is 5.41 Å². The summed E-state index contributed by atoms with van der Waals surface area (Å²) in [5, 5.41) is 10.8. The zero-order valence-corrected chi connectivity index (χ0v) is 11.3. The number of carbonyl (C=O) groups excluding carboxylic acids is 1. The van der Waals surface area contributed by atoms with Gasteiger partial charge in [-0.05, 0) is 19.8 Å². The first-order chi connectivity index (χ1) is 9.22. The molecule has 1 saturated heterocycles. The van der Waals surface area contributed by atoms with Crippen molar-refractivity contribution in [1.82, 2.24) is 20.1 Å². The van der Waals surface area contributed by atoms with Gasteiger partial charge in [-0.2, -0.15) is 0 Å². The van der Waals surface area contributed by atoms with Gasteiger partial charge in [0, 0.05) is 26.3 Å². The number of nitrogens with one attached hydrogen (secondary N) is 1. The number of aromatic nitrogens is 3. The van der Waals surface area contributed by atoms with E-state index in [0.717, 1.165) is 12.4 Å². The molecule has 1 fully saturated rings. The van der Waals surface area contributed by atoms with Crippen LogP contribution in [0.1, 0.15) is 25.6 Å². The maximum Gasteiger partial charge on any atom is 0.228 e. The molecular weight excluding hydrogens is 246 g/mol. The van der Waals surface area contributed by atoms with Gasteiger partial charge in [0.05, 0.1) is 12.0 Å². The van der Waals surface area contributed by atoms with Gasteiger partial charge in [-0.3, -0.25) is 4.79 Å². The summed E-state index contributed by atoms with van der Waals surface area (Å²) in [5.74, 6) is 0.749. The molecule has 0 atom stereocenters. The highest BCUT2D eigenvalue weighted by molar-refractivity contribution is 5.82. The second kappa shape index (κ2) is 6.12. The van der Waals surface area contributed by atoms with E-state index in [1.807, 2.05) is 11.5 Å². The quantitative estimate of drug-likeness (QED) is 0.761. The molecule has 7 nitrogen and oxygen atoms in total. The zero-order chi connectivity index (χ0) is 13.7. The highest BCUT2D eigenvalue weighted by atomic mass is 16.5. The number of ether oxygens (including phenoxy) is 1. The van der Waals surface area contributed by atoms with Crippen LogP contribution in [-0.2, 0) is 22.6 Å². The van der Waals surface area contributed by atoms with Crippen molar-refractivity contribution in [3.05, 3.63) is 12.2 Å². The molecule has 3 N–H and O–H groups in total. The van der Waals surface area contributed by atoms with Gasteiger partial charge in [-0.25, -0.2) is 0 Å². The van der Waals surface area contributed by atoms with Gasteiger partial charge < -0.3 is 20.4 Å². The van der Waals surface area contributed by atoms with E-state index in [9.17, 15) is 4.79 Å². The summed E-state index contributed by atoms with van der Waals surface area (Å²) in [7, 11) is 0. The highest BCUT2D eigenvalue weighted by Crippen LogP contribution is 2.29. The second-order valence-corrected chi connectivity index (χ2v) is 4.81. The fraction of sp³-hybridized carbons (Fsp3) is 0.750. The van der Waals surface area contributed by atoms with Crippen molar-refractivity contribution in [2.45, 2.75) is 32.9 Å². The van der Waals surface area contributed by atoms with Gasteiger partial charge in [0.2, 0.25) is 5.91 Å². The molecule has 0 aromatic carbocycles. The van der Waals surface area contributed by atoms with Crippen LogP contribution in [0.4, 0.5) is 0 Å². The highest BCUT2D eigenvalue weighted by Gasteiger charge is 2.38. The predicted octanol–water partition coefficient (Wildman–Crippen LogP) is -0.330. The lowest BCUT2D eigenvalue weighted by Crippen LogP contribution is -2.49. The van der Waals surface area contributed by atoms with E-state index in [1.165, 1.54) is 0 Å². The number of carbonyl (C=O) groups is 1. The van der Waals surface area contributed by atoms with Crippen molar-refractivity contribution < 1.29 is 9.53 Å². The van der Waals surface area contributed by atoms with Gasteiger partial charge in [-0.1, -0.05) is 0 Å². The Morgan fingerprint density at radius 3 is 2.95 bits per heavy atom. The van der Waals surface area contributed by atoms with Crippen LogP contribution in [-0.4, -0.2) is 40.4 Å². The summed E-state index contributed by atoms with van der Waals surface area (Å²) < 4.78 is 7.20. The van der Waals surface area contributed by atoms with Crippen molar-refractivity contribution in [2.75, 3.05) is 19.8 Å². The lowest BCUT2D eigenvalue weighted by molar-refractivity contribution is -0.136. The van der Waals surface area contributed by atoms with Crippen molar-refractivity contribution in [3.8, 4) is 0 Å². The van der Waals surface area contributed by atoms with Gasteiger partial charge in [-0.15, -0.1) is 10.2 Å². The monoisotopic (exact) mass is 267 g/mol. The fourth-order valence-electron chi connectivity index (χ4n) is 2.31. The van der Waals surface area contributed by atoms with Crippen molar-refractivity contribution in [3.63, 3.8) is 0 Å². The van der Waals surface area contributed by atoms with E-state index in [0.29, 0.717) is 39.1 Å². The third-order valence-electron chi connectivity index (χ3n) is 3.77. The van der Waals surface area contributed by atoms with Crippen LogP contribution in [0.2, 0.25) is 0 Å². The molecule has 1 aliphatic rings. The normalized spacial score (nSPS) is 18.2. The van der Waals surface area contributed by atoms with E-state index >= 15 is 0 Å². The zero-order valence-electron chi connectivity index (χ0n) is 11.3. The Kier molecular flexibility index (Phi) is 4.49. The number of hydrogen-bond donors (Lipinski definition) is 2. The van der Waals surface area contributed by atoms with Crippen LogP contribution in [0.15, 0.2) is 6.33 Å². The summed E-state index contributed by atoms with van der Waals surface area (Å²) in [6.07, 6.45) is 3.01. The lowest BCUT2D eigenvalue weighted by atomic mass is 9.79. The van der Waals surface area contributed by atoms with Crippen LogP contribution >= 0.6 is 0 Å². The van der Waals surface area contributed by atoms with Crippen LogP contribution in [0.5, 0.6) is 0 Å². The fourth-order valence-corrected chi connectivity index (χ4v) is 2.31.